The lowest BCUT2D eigenvalue weighted by Crippen LogP contribution is -2.06. The predicted molar refractivity (Wildman–Crippen MR) is 48.6 cm³/mol. The number of rotatable bonds is 3. The van der Waals surface area contributed by atoms with Crippen LogP contribution in [0.4, 0.5) is 0 Å². The van der Waals surface area contributed by atoms with Crippen LogP contribution in [0.15, 0.2) is 0 Å². The molecule has 12 heavy (non-hydrogen) atoms. The number of thiol groups is 1. The smallest absolute Gasteiger partial charge is 0.316 e. The summed E-state index contributed by atoms with van der Waals surface area (Å²) in [5, 5.41) is 15.3. The molecule has 0 fully saturated rings. The highest BCUT2D eigenvalue weighted by Gasteiger charge is 2.00. The van der Waals surface area contributed by atoms with Gasteiger partial charge in [-0.2, -0.15) is 12.6 Å². The second-order valence-corrected chi connectivity index (χ2v) is 2.93. The molecule has 1 atom stereocenters. The molecule has 0 radical (unpaired) electrons. The molecule has 0 rings (SSSR count). The topological polar surface area (TPSA) is 74.6 Å². The second-order valence-electron chi connectivity index (χ2n) is 2.16. The lowest BCUT2D eigenvalue weighted by atomic mass is 10.4. The average Bonchev–Trinajstić information content (AvgIpc) is 1.87. The molecule has 0 saturated carbocycles. The summed E-state index contributed by atoms with van der Waals surface area (Å²) in [6.45, 7) is 3.35. The van der Waals surface area contributed by atoms with Crippen LogP contribution in [0.1, 0.15) is 26.7 Å². The van der Waals surface area contributed by atoms with E-state index in [0.29, 0.717) is 6.42 Å². The van der Waals surface area contributed by atoms with Crippen molar-refractivity contribution in [1.82, 2.24) is 0 Å². The maximum atomic E-state index is 9.62. The summed E-state index contributed by atoms with van der Waals surface area (Å²) < 4.78 is 0. The van der Waals surface area contributed by atoms with Crippen LogP contribution in [0.25, 0.3) is 0 Å². The van der Waals surface area contributed by atoms with Crippen molar-refractivity contribution >= 4 is 24.6 Å². The highest BCUT2D eigenvalue weighted by molar-refractivity contribution is 7.81. The Kier molecular flexibility index (Phi) is 9.68. The minimum absolute atomic E-state index is 0.292. The van der Waals surface area contributed by atoms with Crippen LogP contribution in [0, 0.1) is 0 Å². The minimum Gasteiger partial charge on any atom is -0.481 e. The summed E-state index contributed by atoms with van der Waals surface area (Å²) in [6, 6.07) is 0. The van der Waals surface area contributed by atoms with Crippen LogP contribution in [0.3, 0.4) is 0 Å². The summed E-state index contributed by atoms with van der Waals surface area (Å²) in [5.41, 5.74) is 0. The van der Waals surface area contributed by atoms with E-state index in [9.17, 15) is 9.59 Å². The van der Waals surface area contributed by atoms with Crippen molar-refractivity contribution in [3.05, 3.63) is 0 Å². The van der Waals surface area contributed by atoms with E-state index < -0.39 is 17.2 Å². The van der Waals surface area contributed by atoms with Crippen LogP contribution in [0.5, 0.6) is 0 Å². The van der Waals surface area contributed by atoms with Crippen molar-refractivity contribution in [2.24, 2.45) is 0 Å². The summed E-state index contributed by atoms with van der Waals surface area (Å²) in [5.74, 6) is -1.59. The highest BCUT2D eigenvalue weighted by atomic mass is 32.1. The van der Waals surface area contributed by atoms with Gasteiger partial charge in [-0.15, -0.1) is 0 Å². The van der Waals surface area contributed by atoms with Gasteiger partial charge < -0.3 is 10.2 Å². The quantitative estimate of drug-likeness (QED) is 0.591. The Bertz CT molecular complexity index is 144. The van der Waals surface area contributed by atoms with Crippen molar-refractivity contribution in [2.75, 3.05) is 0 Å². The van der Waals surface area contributed by atoms with Crippen molar-refractivity contribution in [2.45, 2.75) is 31.9 Å². The molecule has 0 aromatic carbocycles. The monoisotopic (exact) mass is 194 g/mol. The zero-order valence-corrected chi connectivity index (χ0v) is 8.04. The maximum Gasteiger partial charge on any atom is 0.316 e. The van der Waals surface area contributed by atoms with Gasteiger partial charge in [0.1, 0.15) is 0 Å². The van der Waals surface area contributed by atoms with Crippen LogP contribution in [-0.2, 0) is 9.59 Å². The Morgan fingerprint density at radius 2 is 1.75 bits per heavy atom. The van der Waals surface area contributed by atoms with E-state index in [1.54, 1.807) is 0 Å². The van der Waals surface area contributed by atoms with Gasteiger partial charge in [0, 0.05) is 6.42 Å². The Morgan fingerprint density at radius 3 is 1.75 bits per heavy atom. The predicted octanol–water partition coefficient (Wildman–Crippen LogP) is 1.26. The van der Waals surface area contributed by atoms with Crippen molar-refractivity contribution in [1.29, 1.82) is 0 Å². The Labute approximate surface area is 77.0 Å². The molecule has 0 heterocycles. The summed E-state index contributed by atoms with van der Waals surface area (Å²) in [4.78, 5) is 19.2. The molecule has 1 unspecified atom stereocenters. The van der Waals surface area contributed by atoms with Gasteiger partial charge in [-0.05, 0) is 13.3 Å². The first-order chi connectivity index (χ1) is 5.41. The fourth-order valence-electron chi connectivity index (χ4n) is 0.214. The Morgan fingerprint density at radius 1 is 1.42 bits per heavy atom. The molecular weight excluding hydrogens is 180 g/mol. The van der Waals surface area contributed by atoms with Crippen molar-refractivity contribution < 1.29 is 19.8 Å². The molecule has 0 saturated heterocycles. The molecule has 72 valence electrons. The maximum absolute atomic E-state index is 9.62. The molecule has 0 spiro atoms. The Balaban J connectivity index is 0. The standard InChI is InChI=1S/C4H8O2.C3H6O2S/c1-2-3-4(5)6;1-2(6)3(4)5/h2-3H2,1H3,(H,5,6);2,6H,1H3,(H,4,5). The molecular formula is C7H14O4S. The van der Waals surface area contributed by atoms with E-state index in [1.165, 1.54) is 6.92 Å². The minimum atomic E-state index is -0.877. The molecule has 0 aromatic heterocycles. The van der Waals surface area contributed by atoms with E-state index in [-0.39, 0.29) is 0 Å². The number of carboxylic acids is 2. The van der Waals surface area contributed by atoms with Crippen molar-refractivity contribution in [3.8, 4) is 0 Å². The van der Waals surface area contributed by atoms with E-state index in [0.717, 1.165) is 6.42 Å². The van der Waals surface area contributed by atoms with Crippen LogP contribution in [0.2, 0.25) is 0 Å². The molecule has 2 N–H and O–H groups in total. The van der Waals surface area contributed by atoms with Gasteiger partial charge >= 0.3 is 11.9 Å². The fourth-order valence-corrected chi connectivity index (χ4v) is 0.214. The van der Waals surface area contributed by atoms with Crippen molar-refractivity contribution in [3.63, 3.8) is 0 Å². The molecule has 0 aliphatic heterocycles. The highest BCUT2D eigenvalue weighted by Crippen LogP contribution is 1.88. The third-order valence-electron chi connectivity index (χ3n) is 0.821. The zero-order valence-electron chi connectivity index (χ0n) is 7.15. The summed E-state index contributed by atoms with van der Waals surface area (Å²) >= 11 is 3.59. The molecule has 0 aliphatic carbocycles. The lowest BCUT2D eigenvalue weighted by molar-refractivity contribution is -0.137. The van der Waals surface area contributed by atoms with Crippen LogP contribution < -0.4 is 0 Å². The first-order valence-corrected chi connectivity index (χ1v) is 4.06. The van der Waals surface area contributed by atoms with Gasteiger partial charge in [0.2, 0.25) is 0 Å². The average molecular weight is 194 g/mol. The van der Waals surface area contributed by atoms with Crippen LogP contribution in [-0.4, -0.2) is 27.4 Å². The fraction of sp³-hybridized carbons (Fsp3) is 0.714. The Hall–Kier alpha value is -0.710. The number of carboxylic acid groups (broad SMARTS) is 2. The number of hydrogen-bond acceptors (Lipinski definition) is 3. The third-order valence-corrected chi connectivity index (χ3v) is 1.04. The van der Waals surface area contributed by atoms with Crippen LogP contribution >= 0.6 is 12.6 Å². The molecule has 0 aromatic rings. The molecule has 0 bridgehead atoms. The molecule has 0 aliphatic rings. The number of carbonyl (C=O) groups is 2. The largest absolute Gasteiger partial charge is 0.481 e. The molecule has 5 heteroatoms. The zero-order chi connectivity index (χ0) is 10.1. The molecule has 0 amide bonds. The first kappa shape index (κ1) is 13.9. The summed E-state index contributed by atoms with van der Waals surface area (Å²) in [6.07, 6.45) is 1.02. The van der Waals surface area contributed by atoms with Gasteiger partial charge in [-0.1, -0.05) is 6.92 Å². The normalized spacial score (nSPS) is 10.9. The first-order valence-electron chi connectivity index (χ1n) is 3.54. The van der Waals surface area contributed by atoms with Gasteiger partial charge in [-0.25, -0.2) is 0 Å². The van der Waals surface area contributed by atoms with E-state index in [4.69, 9.17) is 10.2 Å². The van der Waals surface area contributed by atoms with Gasteiger partial charge in [0.25, 0.3) is 0 Å². The number of aliphatic carboxylic acids is 2. The van der Waals surface area contributed by atoms with E-state index >= 15 is 0 Å². The third kappa shape index (κ3) is 16.1. The lowest BCUT2D eigenvalue weighted by Gasteiger charge is -1.88. The number of hydrogen-bond donors (Lipinski definition) is 3. The SMILES string of the molecule is CC(S)C(=O)O.CCCC(=O)O. The second kappa shape index (κ2) is 8.39. The molecule has 4 nitrogen and oxygen atoms in total. The summed E-state index contributed by atoms with van der Waals surface area (Å²) in [7, 11) is 0. The van der Waals surface area contributed by atoms with Gasteiger partial charge in [0.15, 0.2) is 0 Å². The van der Waals surface area contributed by atoms with E-state index in [1.807, 2.05) is 6.92 Å². The van der Waals surface area contributed by atoms with Gasteiger partial charge in [0.05, 0.1) is 5.25 Å². The van der Waals surface area contributed by atoms with E-state index in [2.05, 4.69) is 12.6 Å². The van der Waals surface area contributed by atoms with Gasteiger partial charge in [-0.3, -0.25) is 9.59 Å².